The third kappa shape index (κ3) is 4.05. The van der Waals surface area contributed by atoms with Gasteiger partial charge in [-0.3, -0.25) is 9.69 Å². The van der Waals surface area contributed by atoms with Crippen LogP contribution in [0.5, 0.6) is 0 Å². The lowest BCUT2D eigenvalue weighted by Gasteiger charge is -2.27. The minimum Gasteiger partial charge on any atom is -0.348 e. The van der Waals surface area contributed by atoms with Crippen molar-refractivity contribution < 1.29 is 4.79 Å². The molecule has 0 N–H and O–H groups in total. The zero-order valence-corrected chi connectivity index (χ0v) is 20.4. The van der Waals surface area contributed by atoms with Crippen molar-refractivity contribution in [3.63, 3.8) is 0 Å². The summed E-state index contributed by atoms with van der Waals surface area (Å²) in [6.07, 6.45) is 7.37. The molecule has 2 aliphatic rings. The molecule has 1 amide bonds. The van der Waals surface area contributed by atoms with Crippen LogP contribution in [0.15, 0.2) is 24.4 Å². The van der Waals surface area contributed by atoms with Crippen molar-refractivity contribution in [1.82, 2.24) is 24.3 Å². The average molecular weight is 446 g/mol. The van der Waals surface area contributed by atoms with Crippen molar-refractivity contribution >= 4 is 16.8 Å². The number of rotatable bonds is 4. The number of amides is 1. The first-order valence-electron chi connectivity index (χ1n) is 12.4. The number of hydrogen-bond donors (Lipinski definition) is 0. The van der Waals surface area contributed by atoms with Crippen LogP contribution in [0.1, 0.15) is 76.8 Å². The number of fused-ring (bicyclic) bond motifs is 1. The maximum atomic E-state index is 13.0. The summed E-state index contributed by atoms with van der Waals surface area (Å²) in [4.78, 5) is 27.0. The van der Waals surface area contributed by atoms with Crippen LogP contribution < -0.4 is 0 Å². The summed E-state index contributed by atoms with van der Waals surface area (Å²) in [5.41, 5.74) is 6.77. The Balaban J connectivity index is 1.39. The van der Waals surface area contributed by atoms with E-state index in [4.69, 9.17) is 9.97 Å². The number of piperidine rings is 1. The second-order valence-corrected chi connectivity index (χ2v) is 9.85. The maximum absolute atomic E-state index is 13.0. The summed E-state index contributed by atoms with van der Waals surface area (Å²) in [7, 11) is 2.16. The minimum atomic E-state index is 0.0868. The van der Waals surface area contributed by atoms with Crippen molar-refractivity contribution in [2.45, 2.75) is 65.5 Å². The summed E-state index contributed by atoms with van der Waals surface area (Å²) >= 11 is 0. The molecule has 0 bridgehead atoms. The number of hydrogen-bond acceptors (Lipinski definition) is 4. The molecule has 6 nitrogen and oxygen atoms in total. The lowest BCUT2D eigenvalue weighted by atomic mass is 10.1. The van der Waals surface area contributed by atoms with Gasteiger partial charge in [0.1, 0.15) is 5.82 Å². The number of carbonyl (C=O) groups excluding carboxylic acids is 1. The highest BCUT2D eigenvalue weighted by Gasteiger charge is 2.31. The molecular weight excluding hydrogens is 410 g/mol. The van der Waals surface area contributed by atoms with E-state index in [1.165, 1.54) is 34.1 Å². The van der Waals surface area contributed by atoms with E-state index in [1.807, 2.05) is 11.8 Å². The van der Waals surface area contributed by atoms with Gasteiger partial charge in [0.2, 0.25) is 0 Å². The zero-order valence-electron chi connectivity index (χ0n) is 20.4. The molecule has 4 heterocycles. The highest BCUT2D eigenvalue weighted by Crippen LogP contribution is 2.35. The average Bonchev–Trinajstić information content (AvgIpc) is 3.38. The Labute approximate surface area is 196 Å². The first kappa shape index (κ1) is 22.1. The van der Waals surface area contributed by atoms with Crippen molar-refractivity contribution in [3.05, 3.63) is 58.3 Å². The molecule has 0 radical (unpaired) electrons. The molecule has 1 aromatic carbocycles. The van der Waals surface area contributed by atoms with Crippen LogP contribution in [-0.4, -0.2) is 49.9 Å². The molecule has 1 unspecified atom stereocenters. The highest BCUT2D eigenvalue weighted by atomic mass is 16.2. The first-order chi connectivity index (χ1) is 15.9. The predicted octanol–water partition coefficient (Wildman–Crippen LogP) is 4.86. The number of aryl methyl sites for hydroxylation is 3. The maximum Gasteiger partial charge on any atom is 0.257 e. The van der Waals surface area contributed by atoms with Crippen LogP contribution in [0.3, 0.4) is 0 Å². The number of aromatic nitrogens is 3. The van der Waals surface area contributed by atoms with Crippen LogP contribution >= 0.6 is 0 Å². The summed E-state index contributed by atoms with van der Waals surface area (Å²) in [5, 5.41) is 1.34. The van der Waals surface area contributed by atoms with Crippen molar-refractivity contribution in [3.8, 4) is 0 Å². The second-order valence-electron chi connectivity index (χ2n) is 9.85. The smallest absolute Gasteiger partial charge is 0.257 e. The van der Waals surface area contributed by atoms with Gasteiger partial charge < -0.3 is 9.47 Å². The molecule has 2 aliphatic heterocycles. The Morgan fingerprint density at radius 2 is 1.85 bits per heavy atom. The molecule has 1 atom stereocenters. The van der Waals surface area contributed by atoms with Crippen molar-refractivity contribution in [2.24, 2.45) is 7.05 Å². The van der Waals surface area contributed by atoms with E-state index in [0.29, 0.717) is 5.56 Å². The van der Waals surface area contributed by atoms with E-state index < -0.39 is 0 Å². The normalized spacial score (nSPS) is 19.5. The van der Waals surface area contributed by atoms with Gasteiger partial charge in [0, 0.05) is 49.5 Å². The lowest BCUT2D eigenvalue weighted by Crippen LogP contribution is -2.36. The van der Waals surface area contributed by atoms with Gasteiger partial charge in [0.05, 0.1) is 17.3 Å². The van der Waals surface area contributed by atoms with E-state index in [9.17, 15) is 4.79 Å². The molecule has 174 valence electrons. The van der Waals surface area contributed by atoms with E-state index in [0.717, 1.165) is 63.4 Å². The fourth-order valence-electron chi connectivity index (χ4n) is 5.59. The summed E-state index contributed by atoms with van der Waals surface area (Å²) in [6, 6.07) is 6.94. The molecule has 5 rings (SSSR count). The van der Waals surface area contributed by atoms with Crippen LogP contribution in [-0.2, 0) is 13.6 Å². The van der Waals surface area contributed by atoms with E-state index in [-0.39, 0.29) is 11.9 Å². The largest absolute Gasteiger partial charge is 0.348 e. The number of nitrogens with zero attached hydrogens (tertiary/aromatic N) is 5. The van der Waals surface area contributed by atoms with Gasteiger partial charge >= 0.3 is 0 Å². The van der Waals surface area contributed by atoms with Gasteiger partial charge in [-0.1, -0.05) is 12.1 Å². The standard InChI is InChI=1S/C27H35N5O/c1-18-10-11-21-23(20(3)30(4)25(21)15-18)17-32-14-8-9-24(32)26-28-16-22(19(2)29-26)27(33)31-12-6-5-7-13-31/h10-11,15-16,24H,5-9,12-14,17H2,1-4H3. The molecule has 3 aromatic rings. The van der Waals surface area contributed by atoms with Crippen LogP contribution in [0.4, 0.5) is 0 Å². The van der Waals surface area contributed by atoms with Crippen LogP contribution in [0.25, 0.3) is 10.9 Å². The van der Waals surface area contributed by atoms with E-state index in [2.05, 4.69) is 48.6 Å². The zero-order chi connectivity index (χ0) is 23.1. The molecular formula is C27H35N5O. The fraction of sp³-hybridized carbons (Fsp3) is 0.519. The minimum absolute atomic E-state index is 0.0868. The van der Waals surface area contributed by atoms with Crippen LogP contribution in [0.2, 0.25) is 0 Å². The van der Waals surface area contributed by atoms with Gasteiger partial charge in [-0.2, -0.15) is 0 Å². The summed E-state index contributed by atoms with van der Waals surface area (Å²) < 4.78 is 2.31. The summed E-state index contributed by atoms with van der Waals surface area (Å²) in [6.45, 7) is 9.96. The predicted molar refractivity (Wildman–Crippen MR) is 131 cm³/mol. The molecule has 33 heavy (non-hydrogen) atoms. The molecule has 2 aromatic heterocycles. The van der Waals surface area contributed by atoms with Crippen LogP contribution in [0, 0.1) is 20.8 Å². The fourth-order valence-corrected chi connectivity index (χ4v) is 5.59. The van der Waals surface area contributed by atoms with E-state index >= 15 is 0 Å². The Morgan fingerprint density at radius 3 is 2.61 bits per heavy atom. The molecule has 6 heteroatoms. The quantitative estimate of drug-likeness (QED) is 0.576. The Hall–Kier alpha value is -2.73. The molecule has 2 fully saturated rings. The molecule has 0 spiro atoms. The SMILES string of the molecule is Cc1ccc2c(CN3CCCC3c3ncc(C(=O)N4CCCCC4)c(C)n3)c(C)n(C)c2c1. The molecule has 0 saturated carbocycles. The second kappa shape index (κ2) is 8.90. The third-order valence-corrected chi connectivity index (χ3v) is 7.67. The lowest BCUT2D eigenvalue weighted by molar-refractivity contribution is 0.0722. The van der Waals surface area contributed by atoms with Gasteiger partial charge in [-0.25, -0.2) is 9.97 Å². The topological polar surface area (TPSA) is 54.3 Å². The van der Waals surface area contributed by atoms with Gasteiger partial charge in [0.15, 0.2) is 0 Å². The van der Waals surface area contributed by atoms with E-state index in [1.54, 1.807) is 6.20 Å². The first-order valence-corrected chi connectivity index (χ1v) is 12.4. The Bertz CT molecular complexity index is 1190. The monoisotopic (exact) mass is 445 g/mol. The molecule has 0 aliphatic carbocycles. The Morgan fingerprint density at radius 1 is 1.06 bits per heavy atom. The number of benzene rings is 1. The Kier molecular flexibility index (Phi) is 5.95. The van der Waals surface area contributed by atoms with Gasteiger partial charge in [-0.15, -0.1) is 0 Å². The third-order valence-electron chi connectivity index (χ3n) is 7.67. The number of carbonyl (C=O) groups is 1. The number of likely N-dealkylation sites (tertiary alicyclic amines) is 2. The van der Waals surface area contributed by atoms with Crippen molar-refractivity contribution in [2.75, 3.05) is 19.6 Å². The summed E-state index contributed by atoms with van der Waals surface area (Å²) in [5.74, 6) is 0.942. The highest BCUT2D eigenvalue weighted by molar-refractivity contribution is 5.95. The molecule has 2 saturated heterocycles. The van der Waals surface area contributed by atoms with Gasteiger partial charge in [-0.05, 0) is 76.6 Å². The van der Waals surface area contributed by atoms with Gasteiger partial charge in [0.25, 0.3) is 5.91 Å². The van der Waals surface area contributed by atoms with Crippen molar-refractivity contribution in [1.29, 1.82) is 0 Å².